The van der Waals surface area contributed by atoms with E-state index in [4.69, 9.17) is 5.73 Å². The number of halogens is 4. The van der Waals surface area contributed by atoms with Crippen LogP contribution in [-0.2, 0) is 13.2 Å². The van der Waals surface area contributed by atoms with Crippen LogP contribution in [0.4, 0.5) is 17.6 Å². The van der Waals surface area contributed by atoms with Crippen molar-refractivity contribution in [2.24, 2.45) is 12.8 Å². The van der Waals surface area contributed by atoms with Crippen LogP contribution >= 0.6 is 0 Å². The van der Waals surface area contributed by atoms with Crippen molar-refractivity contribution in [2.75, 3.05) is 0 Å². The maximum Gasteiger partial charge on any atom is 0.416 e. The van der Waals surface area contributed by atoms with Crippen molar-refractivity contribution in [3.8, 4) is 11.1 Å². The molecule has 124 valence electrons. The number of aromatic nitrogens is 1. The van der Waals surface area contributed by atoms with E-state index >= 15 is 0 Å². The number of fused-ring (bicyclic) bond motifs is 1. The molecule has 0 saturated carbocycles. The highest BCUT2D eigenvalue weighted by Gasteiger charge is 2.30. The number of nitrogens with two attached hydrogens (primary N) is 1. The molecular formula is C17H12F4N2O. The SMILES string of the molecule is Cn1c(F)c(-c2ccc(C(F)(F)F)cc2)c2ccc(C(N)=O)cc21. The van der Waals surface area contributed by atoms with Crippen molar-refractivity contribution < 1.29 is 22.4 Å². The van der Waals surface area contributed by atoms with Gasteiger partial charge >= 0.3 is 6.18 Å². The number of amides is 1. The lowest BCUT2D eigenvalue weighted by Gasteiger charge is -2.07. The number of hydrogen-bond donors (Lipinski definition) is 1. The van der Waals surface area contributed by atoms with Crippen LogP contribution in [0, 0.1) is 5.95 Å². The zero-order valence-corrected chi connectivity index (χ0v) is 12.5. The largest absolute Gasteiger partial charge is 0.416 e. The maximum absolute atomic E-state index is 14.6. The number of benzene rings is 2. The molecule has 1 amide bonds. The molecule has 3 nitrogen and oxygen atoms in total. The Morgan fingerprint density at radius 3 is 2.25 bits per heavy atom. The first-order valence-corrected chi connectivity index (χ1v) is 6.95. The van der Waals surface area contributed by atoms with Gasteiger partial charge in [-0.05, 0) is 29.8 Å². The number of nitrogens with zero attached hydrogens (tertiary/aromatic N) is 1. The van der Waals surface area contributed by atoms with Crippen molar-refractivity contribution in [2.45, 2.75) is 6.18 Å². The topological polar surface area (TPSA) is 48.0 Å². The van der Waals surface area contributed by atoms with Gasteiger partial charge in [-0.2, -0.15) is 17.6 Å². The summed E-state index contributed by atoms with van der Waals surface area (Å²) in [5, 5.41) is 0.486. The molecule has 0 bridgehead atoms. The Morgan fingerprint density at radius 1 is 1.08 bits per heavy atom. The third kappa shape index (κ3) is 2.51. The quantitative estimate of drug-likeness (QED) is 0.704. The molecule has 7 heteroatoms. The number of rotatable bonds is 2. The molecule has 3 aromatic rings. The molecule has 2 aromatic carbocycles. The van der Waals surface area contributed by atoms with Gasteiger partial charge in [0.1, 0.15) is 0 Å². The monoisotopic (exact) mass is 336 g/mol. The first-order valence-electron chi connectivity index (χ1n) is 6.95. The molecule has 0 aliphatic rings. The van der Waals surface area contributed by atoms with Gasteiger partial charge < -0.3 is 10.3 Å². The molecule has 24 heavy (non-hydrogen) atoms. The minimum absolute atomic E-state index is 0.178. The summed E-state index contributed by atoms with van der Waals surface area (Å²) in [6, 6.07) is 8.71. The maximum atomic E-state index is 14.6. The lowest BCUT2D eigenvalue weighted by Crippen LogP contribution is -2.10. The third-order valence-electron chi connectivity index (χ3n) is 3.91. The van der Waals surface area contributed by atoms with Gasteiger partial charge in [0, 0.05) is 23.6 Å². The normalized spacial score (nSPS) is 11.9. The fraction of sp³-hybridized carbons (Fsp3) is 0.118. The third-order valence-corrected chi connectivity index (χ3v) is 3.91. The highest BCUT2D eigenvalue weighted by molar-refractivity contribution is 6.02. The number of aryl methyl sites for hydroxylation is 1. The molecule has 1 aromatic heterocycles. The molecule has 0 aliphatic carbocycles. The highest BCUT2D eigenvalue weighted by atomic mass is 19.4. The average Bonchev–Trinajstić information content (AvgIpc) is 2.78. The van der Waals surface area contributed by atoms with Crippen LogP contribution in [0.15, 0.2) is 42.5 Å². The number of alkyl halides is 3. The molecule has 0 saturated heterocycles. The van der Waals surface area contributed by atoms with E-state index < -0.39 is 23.6 Å². The van der Waals surface area contributed by atoms with Crippen molar-refractivity contribution in [1.29, 1.82) is 0 Å². The van der Waals surface area contributed by atoms with Crippen molar-refractivity contribution in [1.82, 2.24) is 4.57 Å². The van der Waals surface area contributed by atoms with Crippen LogP contribution < -0.4 is 5.73 Å². The van der Waals surface area contributed by atoms with Gasteiger partial charge in [-0.25, -0.2) is 0 Å². The van der Waals surface area contributed by atoms with Crippen molar-refractivity contribution in [3.05, 3.63) is 59.5 Å². The fourth-order valence-corrected chi connectivity index (χ4v) is 2.66. The predicted molar refractivity (Wildman–Crippen MR) is 81.8 cm³/mol. The van der Waals surface area contributed by atoms with E-state index in [0.717, 1.165) is 12.1 Å². The molecule has 2 N–H and O–H groups in total. The van der Waals surface area contributed by atoms with E-state index in [1.54, 1.807) is 0 Å². The molecular weight excluding hydrogens is 324 g/mol. The molecule has 0 atom stereocenters. The zero-order chi connectivity index (χ0) is 17.6. The average molecular weight is 336 g/mol. The Balaban J connectivity index is 2.19. The van der Waals surface area contributed by atoms with Crippen LogP contribution in [0.3, 0.4) is 0 Å². The lowest BCUT2D eigenvalue weighted by atomic mass is 10.0. The number of carbonyl (C=O) groups excluding carboxylic acids is 1. The molecule has 1 heterocycles. The van der Waals surface area contributed by atoms with Gasteiger partial charge in [-0.3, -0.25) is 4.79 Å². The second kappa shape index (κ2) is 5.36. The first kappa shape index (κ1) is 16.0. The standard InChI is InChI=1S/C17H12F4N2O/c1-23-13-8-10(16(22)24)4-7-12(13)14(15(23)18)9-2-5-11(6-3-9)17(19,20)21/h2-8H,1H3,(H2,22,24). The van der Waals surface area contributed by atoms with Gasteiger partial charge in [-0.1, -0.05) is 18.2 Å². The van der Waals surface area contributed by atoms with E-state index in [9.17, 15) is 22.4 Å². The summed E-state index contributed by atoms with van der Waals surface area (Å²) in [6.45, 7) is 0. The van der Waals surface area contributed by atoms with Crippen LogP contribution in [0.5, 0.6) is 0 Å². The van der Waals surface area contributed by atoms with Gasteiger partial charge in [-0.15, -0.1) is 0 Å². The number of primary amides is 1. The first-order chi connectivity index (χ1) is 11.2. The second-order valence-electron chi connectivity index (χ2n) is 5.40. The van der Waals surface area contributed by atoms with E-state index in [1.165, 1.54) is 41.9 Å². The van der Waals surface area contributed by atoms with E-state index in [0.29, 0.717) is 16.5 Å². The van der Waals surface area contributed by atoms with Gasteiger partial charge in [0.05, 0.1) is 11.1 Å². The Kier molecular flexibility index (Phi) is 3.59. The van der Waals surface area contributed by atoms with Crippen LogP contribution in [0.2, 0.25) is 0 Å². The van der Waals surface area contributed by atoms with Crippen molar-refractivity contribution in [3.63, 3.8) is 0 Å². The second-order valence-corrected chi connectivity index (χ2v) is 5.40. The van der Waals surface area contributed by atoms with Crippen LogP contribution in [0.1, 0.15) is 15.9 Å². The van der Waals surface area contributed by atoms with E-state index in [1.807, 2.05) is 0 Å². The molecule has 0 aliphatic heterocycles. The Labute approximate surface area is 134 Å². The molecule has 3 rings (SSSR count). The number of hydrogen-bond acceptors (Lipinski definition) is 1. The van der Waals surface area contributed by atoms with Gasteiger partial charge in [0.25, 0.3) is 0 Å². The molecule has 0 spiro atoms. The summed E-state index contributed by atoms with van der Waals surface area (Å²) in [5.74, 6) is -1.25. The van der Waals surface area contributed by atoms with Crippen molar-refractivity contribution >= 4 is 16.8 Å². The summed E-state index contributed by atoms with van der Waals surface area (Å²) in [4.78, 5) is 11.3. The van der Waals surface area contributed by atoms with Crippen LogP contribution in [-0.4, -0.2) is 10.5 Å². The fourth-order valence-electron chi connectivity index (χ4n) is 2.66. The predicted octanol–water partition coefficient (Wildman–Crippen LogP) is 4.10. The zero-order valence-electron chi connectivity index (χ0n) is 12.5. The summed E-state index contributed by atoms with van der Waals surface area (Å²) >= 11 is 0. The minimum atomic E-state index is -4.45. The summed E-state index contributed by atoms with van der Waals surface area (Å²) in [7, 11) is 1.47. The van der Waals surface area contributed by atoms with E-state index in [-0.39, 0.29) is 11.1 Å². The Hall–Kier alpha value is -2.83. The molecule has 0 fully saturated rings. The Morgan fingerprint density at radius 2 is 1.71 bits per heavy atom. The summed E-state index contributed by atoms with van der Waals surface area (Å²) < 4.78 is 53.8. The van der Waals surface area contributed by atoms with E-state index in [2.05, 4.69) is 0 Å². The molecule has 0 radical (unpaired) electrons. The lowest BCUT2D eigenvalue weighted by molar-refractivity contribution is -0.137. The Bertz CT molecular complexity index is 940. The highest BCUT2D eigenvalue weighted by Crippen LogP contribution is 2.36. The number of carbonyl (C=O) groups is 1. The minimum Gasteiger partial charge on any atom is -0.366 e. The summed E-state index contributed by atoms with van der Waals surface area (Å²) in [5.41, 5.74) is 5.57. The summed E-state index contributed by atoms with van der Waals surface area (Å²) in [6.07, 6.45) is -4.45. The van der Waals surface area contributed by atoms with Gasteiger partial charge in [0.2, 0.25) is 11.9 Å². The van der Waals surface area contributed by atoms with Gasteiger partial charge in [0.15, 0.2) is 0 Å². The molecule has 0 unspecified atom stereocenters. The smallest absolute Gasteiger partial charge is 0.366 e. The van der Waals surface area contributed by atoms with Crippen LogP contribution in [0.25, 0.3) is 22.0 Å².